The van der Waals surface area contributed by atoms with Crippen LogP contribution in [0.5, 0.6) is 0 Å². The summed E-state index contributed by atoms with van der Waals surface area (Å²) in [5.41, 5.74) is 1.72. The van der Waals surface area contributed by atoms with Crippen LogP contribution < -0.4 is 0 Å². The molecule has 0 saturated carbocycles. The zero-order valence-electron chi connectivity index (χ0n) is 6.94. The predicted molar refractivity (Wildman–Crippen MR) is 51.1 cm³/mol. The van der Waals surface area contributed by atoms with Crippen molar-refractivity contribution in [3.05, 3.63) is 15.5 Å². The van der Waals surface area contributed by atoms with Crippen LogP contribution in [0.4, 0.5) is 0 Å². The molecule has 1 N–H and O–H groups in total. The molecule has 0 bridgehead atoms. The Balaban J connectivity index is 2.01. The number of hydrogen-bond acceptors (Lipinski definition) is 4. The highest BCUT2D eigenvalue weighted by molar-refractivity contribution is 7.10. The quantitative estimate of drug-likeness (QED) is 0.817. The molecule has 3 nitrogen and oxygen atoms in total. The first-order valence-corrected chi connectivity index (χ1v) is 5.37. The van der Waals surface area contributed by atoms with Gasteiger partial charge in [0.25, 0.3) is 0 Å². The maximum atomic E-state index is 9.49. The van der Waals surface area contributed by atoms with Crippen LogP contribution in [0.1, 0.15) is 4.88 Å². The third-order valence-electron chi connectivity index (χ3n) is 2.20. The molecule has 0 amide bonds. The van der Waals surface area contributed by atoms with Gasteiger partial charge in [-0.15, -0.1) is 11.3 Å². The van der Waals surface area contributed by atoms with Crippen molar-refractivity contribution < 1.29 is 9.84 Å². The van der Waals surface area contributed by atoms with Crippen LogP contribution in [-0.2, 0) is 11.2 Å². The molecule has 0 radical (unpaired) electrons. The Labute approximate surface area is 85.3 Å². The monoisotopic (exact) mass is 219 g/mol. The molecular formula is C8H10ClNO2S. The summed E-state index contributed by atoms with van der Waals surface area (Å²) < 4.78 is 5.15. The Bertz CT molecular complexity index is 291. The van der Waals surface area contributed by atoms with Gasteiger partial charge in [-0.1, -0.05) is 11.6 Å². The predicted octanol–water partition coefficient (Wildman–Crippen LogP) is 1.35. The van der Waals surface area contributed by atoms with E-state index in [9.17, 15) is 5.11 Å². The molecule has 0 aromatic carbocycles. The van der Waals surface area contributed by atoms with Crippen LogP contribution in [0, 0.1) is 5.92 Å². The number of thiazole rings is 1. The molecule has 1 aromatic rings. The van der Waals surface area contributed by atoms with E-state index < -0.39 is 0 Å². The number of halogens is 1. The molecule has 5 heteroatoms. The molecule has 1 aromatic heterocycles. The van der Waals surface area contributed by atoms with Gasteiger partial charge < -0.3 is 9.84 Å². The average Bonchev–Trinajstić information content (AvgIpc) is 2.65. The van der Waals surface area contributed by atoms with Gasteiger partial charge in [0.2, 0.25) is 0 Å². The number of ether oxygens (including phenoxy) is 1. The van der Waals surface area contributed by atoms with Gasteiger partial charge in [0.15, 0.2) is 0 Å². The minimum absolute atomic E-state index is 0.179. The molecule has 1 fully saturated rings. The largest absolute Gasteiger partial charge is 0.390 e. The van der Waals surface area contributed by atoms with E-state index in [1.807, 2.05) is 0 Å². The number of rotatable bonds is 2. The summed E-state index contributed by atoms with van der Waals surface area (Å²) in [6.45, 7) is 1.07. The van der Waals surface area contributed by atoms with Crippen molar-refractivity contribution in [3.8, 4) is 0 Å². The van der Waals surface area contributed by atoms with Crippen molar-refractivity contribution >= 4 is 22.9 Å². The second-order valence-corrected chi connectivity index (χ2v) is 4.43. The van der Waals surface area contributed by atoms with Crippen LogP contribution in [0.25, 0.3) is 0 Å². The van der Waals surface area contributed by atoms with Crippen molar-refractivity contribution in [2.24, 2.45) is 5.92 Å². The lowest BCUT2D eigenvalue weighted by atomic mass is 10.0. The fourth-order valence-corrected chi connectivity index (χ4v) is 2.47. The first-order chi connectivity index (χ1) is 6.27. The van der Waals surface area contributed by atoms with Crippen LogP contribution in [0.15, 0.2) is 5.51 Å². The average molecular weight is 220 g/mol. The van der Waals surface area contributed by atoms with Crippen molar-refractivity contribution in [2.45, 2.75) is 12.5 Å². The van der Waals surface area contributed by atoms with E-state index >= 15 is 0 Å². The number of aliphatic hydroxyl groups is 1. The van der Waals surface area contributed by atoms with Gasteiger partial charge >= 0.3 is 0 Å². The first kappa shape index (κ1) is 9.40. The van der Waals surface area contributed by atoms with E-state index in [0.29, 0.717) is 18.4 Å². The number of hydrogen-bond donors (Lipinski definition) is 1. The summed E-state index contributed by atoms with van der Waals surface area (Å²) in [5, 5.41) is 10.1. The standard InChI is InChI=1S/C8H10ClNO2S/c9-8-7(13-4-10-8)1-5-2-12-3-6(5)11/h4-6,11H,1-3H2. The maximum Gasteiger partial charge on any atom is 0.143 e. The van der Waals surface area contributed by atoms with Crippen LogP contribution >= 0.6 is 22.9 Å². The third kappa shape index (κ3) is 2.02. The van der Waals surface area contributed by atoms with Crippen molar-refractivity contribution in [3.63, 3.8) is 0 Å². The van der Waals surface area contributed by atoms with Gasteiger partial charge in [0, 0.05) is 10.8 Å². The van der Waals surface area contributed by atoms with E-state index in [4.69, 9.17) is 16.3 Å². The van der Waals surface area contributed by atoms with Gasteiger partial charge in [-0.05, 0) is 6.42 Å². The zero-order valence-corrected chi connectivity index (χ0v) is 8.51. The van der Waals surface area contributed by atoms with Crippen molar-refractivity contribution in [2.75, 3.05) is 13.2 Å². The van der Waals surface area contributed by atoms with Crippen molar-refractivity contribution in [1.82, 2.24) is 4.98 Å². The van der Waals surface area contributed by atoms with E-state index in [1.54, 1.807) is 5.51 Å². The summed E-state index contributed by atoms with van der Waals surface area (Å²) in [6, 6.07) is 0. The Hall–Kier alpha value is -0.160. The summed E-state index contributed by atoms with van der Waals surface area (Å²) in [4.78, 5) is 4.98. The van der Waals surface area contributed by atoms with Crippen LogP contribution in [0.2, 0.25) is 5.15 Å². The topological polar surface area (TPSA) is 42.4 Å². The van der Waals surface area contributed by atoms with Crippen molar-refractivity contribution in [1.29, 1.82) is 0 Å². The minimum atomic E-state index is -0.349. The fourth-order valence-electron chi connectivity index (χ4n) is 1.41. The Kier molecular flexibility index (Phi) is 2.83. The molecule has 2 atom stereocenters. The summed E-state index contributed by atoms with van der Waals surface area (Å²) >= 11 is 7.37. The molecule has 0 aliphatic carbocycles. The lowest BCUT2D eigenvalue weighted by Gasteiger charge is -2.09. The lowest BCUT2D eigenvalue weighted by Crippen LogP contribution is -2.19. The van der Waals surface area contributed by atoms with Gasteiger partial charge in [-0.25, -0.2) is 4.98 Å². The highest BCUT2D eigenvalue weighted by atomic mass is 35.5. The molecule has 13 heavy (non-hydrogen) atoms. The number of aliphatic hydroxyl groups excluding tert-OH is 1. The van der Waals surface area contributed by atoms with Crippen LogP contribution in [-0.4, -0.2) is 29.4 Å². The van der Waals surface area contributed by atoms with Crippen LogP contribution in [0.3, 0.4) is 0 Å². The van der Waals surface area contributed by atoms with Gasteiger partial charge in [0.1, 0.15) is 5.15 Å². The number of nitrogens with zero attached hydrogens (tertiary/aromatic N) is 1. The van der Waals surface area contributed by atoms with Gasteiger partial charge in [0.05, 0.1) is 24.8 Å². The summed E-state index contributed by atoms with van der Waals surface area (Å²) in [5.74, 6) is 0.179. The van der Waals surface area contributed by atoms with Gasteiger partial charge in [-0.3, -0.25) is 0 Å². The molecule has 72 valence electrons. The highest BCUT2D eigenvalue weighted by Crippen LogP contribution is 2.25. The Morgan fingerprint density at radius 2 is 2.54 bits per heavy atom. The molecule has 2 heterocycles. The molecule has 2 rings (SSSR count). The highest BCUT2D eigenvalue weighted by Gasteiger charge is 2.27. The molecular weight excluding hydrogens is 210 g/mol. The van der Waals surface area contributed by atoms with E-state index in [-0.39, 0.29) is 12.0 Å². The Morgan fingerprint density at radius 3 is 3.08 bits per heavy atom. The van der Waals surface area contributed by atoms with Gasteiger partial charge in [-0.2, -0.15) is 0 Å². The minimum Gasteiger partial charge on any atom is -0.390 e. The molecule has 0 spiro atoms. The molecule has 1 saturated heterocycles. The lowest BCUT2D eigenvalue weighted by molar-refractivity contribution is 0.118. The molecule has 2 unspecified atom stereocenters. The first-order valence-electron chi connectivity index (χ1n) is 4.11. The normalized spacial score (nSPS) is 28.2. The zero-order chi connectivity index (χ0) is 9.26. The summed E-state index contributed by atoms with van der Waals surface area (Å²) in [6.07, 6.45) is 0.420. The van der Waals surface area contributed by atoms with E-state index in [1.165, 1.54) is 11.3 Å². The van der Waals surface area contributed by atoms with E-state index in [0.717, 1.165) is 11.3 Å². The maximum absolute atomic E-state index is 9.49. The molecule has 1 aliphatic rings. The smallest absolute Gasteiger partial charge is 0.143 e. The summed E-state index contributed by atoms with van der Waals surface area (Å²) in [7, 11) is 0. The SMILES string of the molecule is OC1COCC1Cc1scnc1Cl. The third-order valence-corrected chi connectivity index (χ3v) is 3.50. The Morgan fingerprint density at radius 1 is 1.69 bits per heavy atom. The second kappa shape index (κ2) is 3.92. The van der Waals surface area contributed by atoms with E-state index in [2.05, 4.69) is 4.98 Å². The number of aromatic nitrogens is 1. The molecule has 1 aliphatic heterocycles. The fraction of sp³-hybridized carbons (Fsp3) is 0.625. The second-order valence-electron chi connectivity index (χ2n) is 3.14.